The van der Waals surface area contributed by atoms with E-state index in [0.717, 1.165) is 12.1 Å². The summed E-state index contributed by atoms with van der Waals surface area (Å²) in [6.45, 7) is 2.15. The Morgan fingerprint density at radius 2 is 1.76 bits per heavy atom. The van der Waals surface area contributed by atoms with E-state index in [0.29, 0.717) is 42.8 Å². The molecule has 8 nitrogen and oxygen atoms in total. The van der Waals surface area contributed by atoms with E-state index in [1.807, 2.05) is 11.0 Å². The second-order valence-corrected chi connectivity index (χ2v) is 7.38. The number of anilines is 4. The molecule has 0 bridgehead atoms. The fraction of sp³-hybridized carbons (Fsp3) is 0.238. The molecule has 2 N–H and O–H groups in total. The molecule has 1 aliphatic heterocycles. The summed E-state index contributed by atoms with van der Waals surface area (Å²) in [7, 11) is 0. The van der Waals surface area contributed by atoms with Gasteiger partial charge in [0.05, 0.1) is 25.0 Å². The summed E-state index contributed by atoms with van der Waals surface area (Å²) >= 11 is 6.12. The highest BCUT2D eigenvalue weighted by atomic mass is 35.5. The molecule has 172 valence electrons. The second kappa shape index (κ2) is 10.0. The normalized spacial score (nSPS) is 14.5. The minimum atomic E-state index is -4.46. The molecule has 0 radical (unpaired) electrons. The van der Waals surface area contributed by atoms with Crippen LogP contribution in [0.2, 0.25) is 5.02 Å². The Bertz CT molecular complexity index is 1140. The molecule has 0 spiro atoms. The van der Waals surface area contributed by atoms with E-state index in [-0.39, 0.29) is 17.6 Å². The number of ether oxygens (including phenoxy) is 1. The minimum absolute atomic E-state index is 0.0706. The maximum Gasteiger partial charge on any atom is 0.416 e. The molecule has 1 fully saturated rings. The zero-order chi connectivity index (χ0) is 23.3. The molecule has 3 aromatic rings. The van der Waals surface area contributed by atoms with Crippen molar-refractivity contribution in [3.8, 4) is 0 Å². The number of hydrogen-bond acceptors (Lipinski definition) is 8. The number of nitrogens with one attached hydrogen (secondary N) is 2. The van der Waals surface area contributed by atoms with Gasteiger partial charge in [-0.3, -0.25) is 0 Å². The minimum Gasteiger partial charge on any atom is -0.378 e. The van der Waals surface area contributed by atoms with Crippen molar-refractivity contribution in [3.63, 3.8) is 0 Å². The summed E-state index contributed by atoms with van der Waals surface area (Å²) in [4.78, 5) is 14.9. The smallest absolute Gasteiger partial charge is 0.378 e. The Labute approximate surface area is 192 Å². The Hall–Kier alpha value is -3.44. The van der Waals surface area contributed by atoms with Crippen LogP contribution < -0.4 is 15.6 Å². The van der Waals surface area contributed by atoms with Gasteiger partial charge in [0, 0.05) is 29.4 Å². The molecule has 0 unspecified atom stereocenters. The third-order valence-corrected chi connectivity index (χ3v) is 4.98. The zero-order valence-electron chi connectivity index (χ0n) is 17.2. The van der Waals surface area contributed by atoms with Crippen molar-refractivity contribution in [2.75, 3.05) is 41.9 Å². The molecule has 2 aromatic carbocycles. The number of benzene rings is 2. The fourth-order valence-electron chi connectivity index (χ4n) is 3.02. The van der Waals surface area contributed by atoms with Gasteiger partial charge in [0.15, 0.2) is 0 Å². The Balaban J connectivity index is 1.60. The lowest BCUT2D eigenvalue weighted by Crippen LogP contribution is -2.37. The van der Waals surface area contributed by atoms with Gasteiger partial charge in [0.2, 0.25) is 17.8 Å². The van der Waals surface area contributed by atoms with Gasteiger partial charge in [0.25, 0.3) is 0 Å². The number of morpholine rings is 1. The average molecular weight is 478 g/mol. The molecule has 0 aliphatic carbocycles. The summed E-state index contributed by atoms with van der Waals surface area (Å²) in [5.41, 5.74) is 2.83. The number of rotatable bonds is 6. The summed E-state index contributed by atoms with van der Waals surface area (Å²) in [6.07, 6.45) is -2.95. The standard InChI is InChI=1S/C21H19ClF3N7O/c22-17-7-2-1-4-14(17)13-26-31-19-28-18(29-20(30-19)32-8-10-33-11-9-32)27-16-6-3-5-15(12-16)21(23,24)25/h1-7,12-13H,8-11H2,(H2,27,28,29,30,31)/b26-13+. The topological polar surface area (TPSA) is 87.6 Å². The molecule has 1 aliphatic rings. The first kappa shape index (κ1) is 22.7. The maximum absolute atomic E-state index is 13.1. The number of nitrogens with zero attached hydrogens (tertiary/aromatic N) is 5. The molecule has 0 atom stereocenters. The lowest BCUT2D eigenvalue weighted by molar-refractivity contribution is -0.137. The number of hydrogen-bond donors (Lipinski definition) is 2. The van der Waals surface area contributed by atoms with Gasteiger partial charge in [-0.05, 0) is 24.3 Å². The molecular formula is C21H19ClF3N7O. The van der Waals surface area contributed by atoms with E-state index in [9.17, 15) is 13.2 Å². The van der Waals surface area contributed by atoms with Crippen molar-refractivity contribution in [2.24, 2.45) is 5.10 Å². The monoisotopic (exact) mass is 477 g/mol. The van der Waals surface area contributed by atoms with E-state index in [1.54, 1.807) is 18.2 Å². The van der Waals surface area contributed by atoms with Gasteiger partial charge in [-0.2, -0.15) is 33.2 Å². The van der Waals surface area contributed by atoms with Crippen molar-refractivity contribution in [3.05, 3.63) is 64.7 Å². The molecule has 2 heterocycles. The number of halogens is 4. The molecule has 0 amide bonds. The van der Waals surface area contributed by atoms with Crippen molar-refractivity contribution in [1.29, 1.82) is 0 Å². The fourth-order valence-corrected chi connectivity index (χ4v) is 3.20. The van der Waals surface area contributed by atoms with Crippen LogP contribution in [0, 0.1) is 0 Å². The van der Waals surface area contributed by atoms with E-state index in [4.69, 9.17) is 16.3 Å². The van der Waals surface area contributed by atoms with Crippen LogP contribution >= 0.6 is 11.6 Å². The SMILES string of the molecule is FC(F)(F)c1cccc(Nc2nc(N/N=C/c3ccccc3Cl)nc(N3CCOCC3)n2)c1. The van der Waals surface area contributed by atoms with Gasteiger partial charge in [0.1, 0.15) is 0 Å². The first-order valence-electron chi connectivity index (χ1n) is 9.95. The quantitative estimate of drug-likeness (QED) is 0.397. The van der Waals surface area contributed by atoms with Crippen LogP contribution in [0.1, 0.15) is 11.1 Å². The highest BCUT2D eigenvalue weighted by molar-refractivity contribution is 6.33. The van der Waals surface area contributed by atoms with E-state index >= 15 is 0 Å². The summed E-state index contributed by atoms with van der Waals surface area (Å²) < 4.78 is 44.5. The lowest BCUT2D eigenvalue weighted by atomic mass is 10.2. The number of aromatic nitrogens is 3. The van der Waals surface area contributed by atoms with Crippen molar-refractivity contribution in [2.45, 2.75) is 6.18 Å². The van der Waals surface area contributed by atoms with Gasteiger partial charge in [-0.1, -0.05) is 35.9 Å². The largest absolute Gasteiger partial charge is 0.416 e. The van der Waals surface area contributed by atoms with Crippen LogP contribution in [-0.4, -0.2) is 47.5 Å². The number of hydrazone groups is 1. The molecule has 1 saturated heterocycles. The van der Waals surface area contributed by atoms with E-state index < -0.39 is 11.7 Å². The first-order valence-corrected chi connectivity index (χ1v) is 10.3. The number of alkyl halides is 3. The Kier molecular flexibility index (Phi) is 6.90. The summed E-state index contributed by atoms with van der Waals surface area (Å²) in [5.74, 6) is 0.531. The van der Waals surface area contributed by atoms with Crippen molar-refractivity contribution >= 4 is 41.3 Å². The lowest BCUT2D eigenvalue weighted by Gasteiger charge is -2.27. The van der Waals surface area contributed by atoms with Gasteiger partial charge < -0.3 is 15.0 Å². The molecular weight excluding hydrogens is 459 g/mol. The van der Waals surface area contributed by atoms with Gasteiger partial charge >= 0.3 is 6.18 Å². The zero-order valence-corrected chi connectivity index (χ0v) is 17.9. The molecule has 4 rings (SSSR count). The molecule has 0 saturated carbocycles. The van der Waals surface area contributed by atoms with Crippen LogP contribution in [0.25, 0.3) is 0 Å². The Morgan fingerprint density at radius 1 is 1.00 bits per heavy atom. The average Bonchev–Trinajstić information content (AvgIpc) is 2.80. The Morgan fingerprint density at radius 3 is 2.52 bits per heavy atom. The molecule has 1 aromatic heterocycles. The van der Waals surface area contributed by atoms with E-state index in [1.165, 1.54) is 18.3 Å². The first-order chi connectivity index (χ1) is 15.9. The third-order valence-electron chi connectivity index (χ3n) is 4.64. The summed E-state index contributed by atoms with van der Waals surface area (Å²) in [6, 6.07) is 11.9. The molecule has 12 heteroatoms. The third kappa shape index (κ3) is 6.08. The van der Waals surface area contributed by atoms with Crippen LogP contribution in [-0.2, 0) is 10.9 Å². The highest BCUT2D eigenvalue weighted by Gasteiger charge is 2.30. The predicted molar refractivity (Wildman–Crippen MR) is 120 cm³/mol. The highest BCUT2D eigenvalue weighted by Crippen LogP contribution is 2.31. The molecule has 33 heavy (non-hydrogen) atoms. The van der Waals surface area contributed by atoms with Crippen LogP contribution in [0.15, 0.2) is 53.6 Å². The summed E-state index contributed by atoms with van der Waals surface area (Å²) in [5, 5.41) is 7.47. The van der Waals surface area contributed by atoms with Crippen LogP contribution in [0.4, 0.5) is 36.7 Å². The van der Waals surface area contributed by atoms with E-state index in [2.05, 4.69) is 30.8 Å². The van der Waals surface area contributed by atoms with Crippen LogP contribution in [0.5, 0.6) is 0 Å². The second-order valence-electron chi connectivity index (χ2n) is 6.98. The van der Waals surface area contributed by atoms with Crippen LogP contribution in [0.3, 0.4) is 0 Å². The van der Waals surface area contributed by atoms with Crippen molar-refractivity contribution < 1.29 is 17.9 Å². The van der Waals surface area contributed by atoms with Gasteiger partial charge in [-0.15, -0.1) is 0 Å². The van der Waals surface area contributed by atoms with Crippen molar-refractivity contribution in [1.82, 2.24) is 15.0 Å². The van der Waals surface area contributed by atoms with Gasteiger partial charge in [-0.25, -0.2) is 5.43 Å². The maximum atomic E-state index is 13.1. The predicted octanol–water partition coefficient (Wildman–Crippen LogP) is 4.57.